The number of nitrogens with one attached hydrogen (secondary N) is 1. The van der Waals surface area contributed by atoms with Crippen molar-refractivity contribution in [3.05, 3.63) is 69.7 Å². The third-order valence-electron chi connectivity index (χ3n) is 3.16. The van der Waals surface area contributed by atoms with Crippen LogP contribution < -0.4 is 10.4 Å². The largest absolute Gasteiger partial charge is 0.282 e. The van der Waals surface area contributed by atoms with Gasteiger partial charge in [0.05, 0.1) is 15.7 Å². The first-order chi connectivity index (χ1) is 10.6. The zero-order chi connectivity index (χ0) is 15.7. The molecule has 6 heteroatoms. The summed E-state index contributed by atoms with van der Waals surface area (Å²) in [6, 6.07) is 13.9. The maximum Gasteiger partial charge on any atom is 0.282 e. The topological polar surface area (TPSA) is 49.4 Å². The second kappa shape index (κ2) is 5.83. The highest BCUT2D eigenvalue weighted by molar-refractivity contribution is 6.42. The van der Waals surface area contributed by atoms with Crippen molar-refractivity contribution >= 4 is 46.8 Å². The first kappa shape index (κ1) is 14.6. The number of halogens is 2. The Labute approximate surface area is 136 Å². The van der Waals surface area contributed by atoms with E-state index in [1.165, 1.54) is 6.07 Å². The summed E-state index contributed by atoms with van der Waals surface area (Å²) in [5, 5.41) is 1.84. The lowest BCUT2D eigenvalue weighted by atomic mass is 10.1. The van der Waals surface area contributed by atoms with Crippen molar-refractivity contribution in [2.45, 2.75) is 0 Å². The Hall–Kier alpha value is -2.30. The van der Waals surface area contributed by atoms with Gasteiger partial charge in [0.1, 0.15) is 5.57 Å². The molecule has 0 atom stereocenters. The van der Waals surface area contributed by atoms with Gasteiger partial charge in [0.25, 0.3) is 11.8 Å². The van der Waals surface area contributed by atoms with Gasteiger partial charge in [-0.3, -0.25) is 15.0 Å². The molecular weight excluding hydrogens is 323 g/mol. The van der Waals surface area contributed by atoms with Gasteiger partial charge in [0.15, 0.2) is 0 Å². The third kappa shape index (κ3) is 2.71. The maximum absolute atomic E-state index is 12.4. The number of nitrogens with zero attached hydrogens (tertiary/aromatic N) is 1. The van der Waals surface area contributed by atoms with Crippen molar-refractivity contribution in [1.29, 1.82) is 0 Å². The van der Waals surface area contributed by atoms with Gasteiger partial charge in [0.2, 0.25) is 0 Å². The Kier molecular flexibility index (Phi) is 3.88. The molecule has 2 aromatic rings. The minimum Gasteiger partial charge on any atom is -0.267 e. The van der Waals surface area contributed by atoms with Gasteiger partial charge in [-0.2, -0.15) is 0 Å². The Morgan fingerprint density at radius 2 is 1.68 bits per heavy atom. The summed E-state index contributed by atoms with van der Waals surface area (Å²) >= 11 is 11.8. The van der Waals surface area contributed by atoms with Gasteiger partial charge in [-0.25, -0.2) is 5.01 Å². The fraction of sp³-hybridized carbons (Fsp3) is 0. The van der Waals surface area contributed by atoms with E-state index in [-0.39, 0.29) is 5.57 Å². The molecule has 3 rings (SSSR count). The van der Waals surface area contributed by atoms with Crippen LogP contribution in [0.25, 0.3) is 6.08 Å². The van der Waals surface area contributed by atoms with Crippen molar-refractivity contribution < 1.29 is 9.59 Å². The van der Waals surface area contributed by atoms with Gasteiger partial charge < -0.3 is 0 Å². The number of hydrogen-bond donors (Lipinski definition) is 1. The summed E-state index contributed by atoms with van der Waals surface area (Å²) in [6.07, 6.45) is 1.55. The van der Waals surface area contributed by atoms with Gasteiger partial charge >= 0.3 is 0 Å². The van der Waals surface area contributed by atoms with Gasteiger partial charge in [-0.05, 0) is 29.8 Å². The molecule has 2 aromatic carbocycles. The summed E-state index contributed by atoms with van der Waals surface area (Å²) in [5.41, 5.74) is 3.80. The average molecular weight is 333 g/mol. The molecule has 1 aliphatic heterocycles. The van der Waals surface area contributed by atoms with Crippen LogP contribution in [-0.4, -0.2) is 11.8 Å². The molecule has 0 unspecified atom stereocenters. The van der Waals surface area contributed by atoms with Gasteiger partial charge in [0, 0.05) is 0 Å². The summed E-state index contributed by atoms with van der Waals surface area (Å²) in [6.45, 7) is 0. The number of amides is 2. The van der Waals surface area contributed by atoms with Crippen LogP contribution in [0.1, 0.15) is 5.56 Å². The first-order valence-corrected chi connectivity index (χ1v) is 7.19. The van der Waals surface area contributed by atoms with Gasteiger partial charge in [-0.15, -0.1) is 0 Å². The van der Waals surface area contributed by atoms with Gasteiger partial charge in [-0.1, -0.05) is 53.5 Å². The summed E-state index contributed by atoms with van der Waals surface area (Å²) in [7, 11) is 0. The fourth-order valence-corrected chi connectivity index (χ4v) is 2.37. The van der Waals surface area contributed by atoms with Crippen LogP contribution in [0.15, 0.2) is 54.1 Å². The number of hydrazine groups is 1. The Morgan fingerprint density at radius 1 is 0.955 bits per heavy atom. The molecule has 22 heavy (non-hydrogen) atoms. The quantitative estimate of drug-likeness (QED) is 0.676. The number of carbonyl (C=O) groups excluding carboxylic acids is 2. The summed E-state index contributed by atoms with van der Waals surface area (Å²) in [4.78, 5) is 24.4. The van der Waals surface area contributed by atoms with E-state index < -0.39 is 11.8 Å². The van der Waals surface area contributed by atoms with Crippen molar-refractivity contribution in [2.75, 3.05) is 5.01 Å². The Balaban J connectivity index is 1.94. The Morgan fingerprint density at radius 3 is 2.36 bits per heavy atom. The van der Waals surface area contributed by atoms with E-state index in [0.717, 1.165) is 10.6 Å². The minimum atomic E-state index is -0.458. The molecule has 1 fully saturated rings. The molecule has 0 aliphatic carbocycles. The van der Waals surface area contributed by atoms with E-state index in [4.69, 9.17) is 23.2 Å². The van der Waals surface area contributed by atoms with Crippen LogP contribution in [0.2, 0.25) is 10.0 Å². The number of hydrogen-bond acceptors (Lipinski definition) is 2. The molecule has 0 radical (unpaired) electrons. The zero-order valence-corrected chi connectivity index (χ0v) is 12.7. The Bertz CT molecular complexity index is 788. The molecule has 2 amide bonds. The fourth-order valence-electron chi connectivity index (χ4n) is 2.08. The second-order valence-electron chi connectivity index (χ2n) is 4.65. The second-order valence-corrected chi connectivity index (χ2v) is 5.46. The number of rotatable bonds is 2. The minimum absolute atomic E-state index is 0.0669. The lowest BCUT2D eigenvalue weighted by molar-refractivity contribution is -0.117. The predicted octanol–water partition coefficient (Wildman–Crippen LogP) is 3.45. The van der Waals surface area contributed by atoms with Crippen LogP contribution in [0, 0.1) is 0 Å². The van der Waals surface area contributed by atoms with Crippen molar-refractivity contribution in [3.63, 3.8) is 0 Å². The monoisotopic (exact) mass is 332 g/mol. The van der Waals surface area contributed by atoms with Crippen molar-refractivity contribution in [1.82, 2.24) is 5.43 Å². The van der Waals surface area contributed by atoms with E-state index in [2.05, 4.69) is 5.43 Å². The maximum atomic E-state index is 12.4. The predicted molar refractivity (Wildman–Crippen MR) is 86.5 cm³/mol. The van der Waals surface area contributed by atoms with Crippen molar-refractivity contribution in [2.24, 2.45) is 0 Å². The normalized spacial score (nSPS) is 16.3. The molecule has 4 nitrogen and oxygen atoms in total. The molecule has 1 saturated heterocycles. The summed E-state index contributed by atoms with van der Waals surface area (Å²) in [5.74, 6) is -0.896. The van der Waals surface area contributed by atoms with Crippen molar-refractivity contribution in [3.8, 4) is 0 Å². The summed E-state index contributed by atoms with van der Waals surface area (Å²) < 4.78 is 0. The molecule has 110 valence electrons. The third-order valence-corrected chi connectivity index (χ3v) is 3.90. The highest BCUT2D eigenvalue weighted by atomic mass is 35.5. The van der Waals surface area contributed by atoms with E-state index in [0.29, 0.717) is 15.7 Å². The molecular formula is C16H10Cl2N2O2. The zero-order valence-electron chi connectivity index (χ0n) is 11.2. The molecule has 0 aromatic heterocycles. The van der Waals surface area contributed by atoms with Crippen LogP contribution in [0.4, 0.5) is 5.69 Å². The van der Waals surface area contributed by atoms with E-state index in [9.17, 15) is 9.59 Å². The molecule has 0 bridgehead atoms. The molecule has 1 heterocycles. The molecule has 0 spiro atoms. The van der Waals surface area contributed by atoms with Crippen LogP contribution in [0.3, 0.4) is 0 Å². The highest BCUT2D eigenvalue weighted by Gasteiger charge is 2.34. The molecule has 1 N–H and O–H groups in total. The molecule has 1 aliphatic rings. The standard InChI is InChI=1S/C16H10Cl2N2O2/c17-13-7-6-11(9-14(13)18)20-16(22)12(15(21)19-20)8-10-4-2-1-3-5-10/h1-9H,(H,19,21)/b12-8+. The van der Waals surface area contributed by atoms with Crippen LogP contribution in [-0.2, 0) is 9.59 Å². The van der Waals surface area contributed by atoms with Crippen LogP contribution >= 0.6 is 23.2 Å². The van der Waals surface area contributed by atoms with E-state index in [1.54, 1.807) is 18.2 Å². The highest BCUT2D eigenvalue weighted by Crippen LogP contribution is 2.29. The first-order valence-electron chi connectivity index (χ1n) is 6.43. The lowest BCUT2D eigenvalue weighted by Gasteiger charge is -2.15. The molecule has 0 saturated carbocycles. The van der Waals surface area contributed by atoms with E-state index in [1.807, 2.05) is 30.3 Å². The lowest BCUT2D eigenvalue weighted by Crippen LogP contribution is -2.35. The van der Waals surface area contributed by atoms with E-state index >= 15 is 0 Å². The number of carbonyl (C=O) groups is 2. The van der Waals surface area contributed by atoms with Crippen LogP contribution in [0.5, 0.6) is 0 Å². The number of benzene rings is 2. The smallest absolute Gasteiger partial charge is 0.267 e. The SMILES string of the molecule is O=C1NN(c2ccc(Cl)c(Cl)c2)C(=O)/C1=C/c1ccccc1. The number of anilines is 1. The average Bonchev–Trinajstić information content (AvgIpc) is 2.79.